The monoisotopic (exact) mass is 543 g/mol. The SMILES string of the molecule is C=C(C)Oc1c(/C=C/c2nc3sccn3c2C(=O)Oc2ccc([N+](=O)[O-])cc2)cccc1OC(F)F.CC. The van der Waals surface area contributed by atoms with Crippen LogP contribution >= 0.6 is 11.3 Å². The molecule has 0 N–H and O–H groups in total. The van der Waals surface area contributed by atoms with Crippen molar-refractivity contribution in [1.82, 2.24) is 9.38 Å². The molecule has 0 saturated carbocycles. The fourth-order valence-corrected chi connectivity index (χ4v) is 3.94. The highest BCUT2D eigenvalue weighted by molar-refractivity contribution is 7.15. The van der Waals surface area contributed by atoms with Crippen LogP contribution in [0.1, 0.15) is 42.5 Å². The van der Waals surface area contributed by atoms with Crippen molar-refractivity contribution < 1.29 is 32.7 Å². The third-order valence-corrected chi connectivity index (χ3v) is 5.42. The molecule has 38 heavy (non-hydrogen) atoms. The number of thiazole rings is 1. The van der Waals surface area contributed by atoms with Gasteiger partial charge >= 0.3 is 12.6 Å². The minimum Gasteiger partial charge on any atom is -0.458 e. The molecular weight excluding hydrogens is 520 g/mol. The number of fused-ring (bicyclic) bond motifs is 1. The van der Waals surface area contributed by atoms with Crippen LogP contribution in [0.2, 0.25) is 0 Å². The lowest BCUT2D eigenvalue weighted by Gasteiger charge is -2.14. The molecule has 0 aliphatic rings. The summed E-state index contributed by atoms with van der Waals surface area (Å²) in [5.41, 5.74) is 0.578. The van der Waals surface area contributed by atoms with Gasteiger partial charge in [0.2, 0.25) is 0 Å². The Bertz CT molecular complexity index is 1480. The fourth-order valence-electron chi connectivity index (χ4n) is 3.22. The van der Waals surface area contributed by atoms with E-state index in [9.17, 15) is 23.7 Å². The molecule has 0 aliphatic carbocycles. The van der Waals surface area contributed by atoms with E-state index in [-0.39, 0.29) is 40.1 Å². The summed E-state index contributed by atoms with van der Waals surface area (Å²) in [4.78, 5) is 28.3. The number of nitro benzene ring substituents is 1. The number of esters is 1. The number of nitro groups is 1. The third-order valence-electron chi connectivity index (χ3n) is 4.66. The maximum absolute atomic E-state index is 13.0. The highest BCUT2D eigenvalue weighted by atomic mass is 32.1. The van der Waals surface area contributed by atoms with E-state index in [4.69, 9.17) is 9.47 Å². The van der Waals surface area contributed by atoms with E-state index in [2.05, 4.69) is 16.3 Å². The van der Waals surface area contributed by atoms with Crippen molar-refractivity contribution in [1.29, 1.82) is 0 Å². The minimum atomic E-state index is -3.06. The minimum absolute atomic E-state index is 0.0255. The highest BCUT2D eigenvalue weighted by Gasteiger charge is 2.22. The van der Waals surface area contributed by atoms with Crippen LogP contribution in [-0.2, 0) is 0 Å². The Morgan fingerprint density at radius 1 is 1.16 bits per heavy atom. The Morgan fingerprint density at radius 3 is 2.50 bits per heavy atom. The van der Waals surface area contributed by atoms with Gasteiger partial charge in [0.05, 0.1) is 16.4 Å². The molecule has 2 aromatic carbocycles. The molecular formula is C26H23F2N3O6S. The molecule has 0 amide bonds. The van der Waals surface area contributed by atoms with Gasteiger partial charge in [-0.3, -0.25) is 14.5 Å². The summed E-state index contributed by atoms with van der Waals surface area (Å²) in [6, 6.07) is 9.52. The van der Waals surface area contributed by atoms with E-state index in [0.29, 0.717) is 10.5 Å². The standard InChI is InChI=1S/C24H17F2N3O6S.C2H6/c1-14(2)33-21-15(4-3-5-19(21)35-23(25)26)6-11-18-20(28-12-13-36-24(28)27-18)22(30)34-17-9-7-16(8-10-17)29(31)32;1-2/h3-13,23H,1H2,2H3;1-2H3/b11-6+;. The molecule has 0 bridgehead atoms. The molecule has 0 aliphatic heterocycles. The molecule has 2 aromatic heterocycles. The molecule has 2 heterocycles. The van der Waals surface area contributed by atoms with E-state index in [1.54, 1.807) is 29.0 Å². The quantitative estimate of drug-likeness (QED) is 0.0721. The number of carbonyl (C=O) groups is 1. The van der Waals surface area contributed by atoms with Gasteiger partial charge in [0.15, 0.2) is 22.2 Å². The molecule has 198 valence electrons. The number of non-ortho nitro benzene ring substituents is 1. The largest absolute Gasteiger partial charge is 0.458 e. The van der Waals surface area contributed by atoms with E-state index >= 15 is 0 Å². The van der Waals surface area contributed by atoms with Crippen LogP contribution in [0.3, 0.4) is 0 Å². The molecule has 0 fully saturated rings. The first-order chi connectivity index (χ1) is 18.2. The van der Waals surface area contributed by atoms with Crippen molar-refractivity contribution in [2.45, 2.75) is 27.4 Å². The van der Waals surface area contributed by atoms with Crippen molar-refractivity contribution in [3.63, 3.8) is 0 Å². The van der Waals surface area contributed by atoms with Gasteiger partial charge in [-0.1, -0.05) is 32.6 Å². The molecule has 0 radical (unpaired) electrons. The Kier molecular flexibility index (Phi) is 9.28. The zero-order chi connectivity index (χ0) is 27.8. The Labute approximate surface area is 220 Å². The van der Waals surface area contributed by atoms with E-state index < -0.39 is 17.5 Å². The van der Waals surface area contributed by atoms with Gasteiger partial charge in [-0.15, -0.1) is 11.3 Å². The molecule has 0 spiro atoms. The van der Waals surface area contributed by atoms with Crippen molar-refractivity contribution in [3.8, 4) is 17.2 Å². The number of para-hydroxylation sites is 1. The molecule has 12 heteroatoms. The molecule has 0 atom stereocenters. The van der Waals surface area contributed by atoms with Gasteiger partial charge < -0.3 is 14.2 Å². The number of carbonyl (C=O) groups excluding carboxylic acids is 1. The van der Waals surface area contributed by atoms with Gasteiger partial charge in [0.25, 0.3) is 5.69 Å². The van der Waals surface area contributed by atoms with Crippen molar-refractivity contribution >= 4 is 40.1 Å². The number of halogens is 2. The number of alkyl halides is 2. The summed E-state index contributed by atoms with van der Waals surface area (Å²) >= 11 is 1.29. The number of rotatable bonds is 9. The summed E-state index contributed by atoms with van der Waals surface area (Å²) < 4.78 is 42.8. The molecule has 0 unspecified atom stereocenters. The fraction of sp³-hybridized carbons (Fsp3) is 0.154. The third kappa shape index (κ3) is 6.59. The van der Waals surface area contributed by atoms with Crippen LogP contribution in [0.15, 0.2) is 66.4 Å². The molecule has 4 aromatic rings. The van der Waals surface area contributed by atoms with Gasteiger partial charge in [0.1, 0.15) is 5.75 Å². The zero-order valence-corrected chi connectivity index (χ0v) is 21.4. The van der Waals surface area contributed by atoms with Gasteiger partial charge in [-0.2, -0.15) is 8.78 Å². The summed E-state index contributed by atoms with van der Waals surface area (Å²) in [6.07, 6.45) is 4.69. The number of aromatic nitrogens is 2. The lowest BCUT2D eigenvalue weighted by atomic mass is 10.1. The van der Waals surface area contributed by atoms with E-state index in [1.165, 1.54) is 59.9 Å². The average molecular weight is 544 g/mol. The van der Waals surface area contributed by atoms with Crippen LogP contribution in [0.5, 0.6) is 17.2 Å². The maximum Gasteiger partial charge on any atom is 0.387 e. The van der Waals surface area contributed by atoms with E-state index in [1.807, 2.05) is 13.8 Å². The highest BCUT2D eigenvalue weighted by Crippen LogP contribution is 2.35. The maximum atomic E-state index is 13.0. The lowest BCUT2D eigenvalue weighted by molar-refractivity contribution is -0.384. The van der Waals surface area contributed by atoms with Crippen molar-refractivity contribution in [3.05, 3.63) is 93.4 Å². The number of hydrogen-bond donors (Lipinski definition) is 0. The van der Waals surface area contributed by atoms with Gasteiger partial charge in [0, 0.05) is 29.3 Å². The Balaban J connectivity index is 0.00000195. The lowest BCUT2D eigenvalue weighted by Crippen LogP contribution is -2.12. The smallest absolute Gasteiger partial charge is 0.387 e. The second-order valence-electron chi connectivity index (χ2n) is 7.23. The number of ether oxygens (including phenoxy) is 3. The first kappa shape index (κ1) is 28.0. The Hall–Kier alpha value is -4.58. The Morgan fingerprint density at radius 2 is 1.87 bits per heavy atom. The van der Waals surface area contributed by atoms with Crippen LogP contribution in [-0.4, -0.2) is 26.9 Å². The summed E-state index contributed by atoms with van der Waals surface area (Å²) in [5, 5.41) is 12.6. The first-order valence-corrected chi connectivity index (χ1v) is 12.1. The summed E-state index contributed by atoms with van der Waals surface area (Å²) in [7, 11) is 0. The number of hydrogen-bond acceptors (Lipinski definition) is 8. The predicted octanol–water partition coefficient (Wildman–Crippen LogP) is 7.23. The molecule has 0 saturated heterocycles. The molecule has 9 nitrogen and oxygen atoms in total. The summed E-state index contributed by atoms with van der Waals surface area (Å²) in [6.45, 7) is 6.14. The number of nitrogens with zero attached hydrogens (tertiary/aromatic N) is 3. The molecule has 4 rings (SSSR count). The second kappa shape index (κ2) is 12.6. The van der Waals surface area contributed by atoms with Crippen LogP contribution in [0.25, 0.3) is 17.1 Å². The van der Waals surface area contributed by atoms with Crippen molar-refractivity contribution in [2.75, 3.05) is 0 Å². The topological polar surface area (TPSA) is 105 Å². The van der Waals surface area contributed by atoms with Gasteiger partial charge in [-0.05, 0) is 37.3 Å². The van der Waals surface area contributed by atoms with Crippen LogP contribution < -0.4 is 14.2 Å². The number of benzene rings is 2. The predicted molar refractivity (Wildman–Crippen MR) is 140 cm³/mol. The van der Waals surface area contributed by atoms with Crippen molar-refractivity contribution in [2.24, 2.45) is 0 Å². The second-order valence-corrected chi connectivity index (χ2v) is 8.11. The first-order valence-electron chi connectivity index (χ1n) is 11.2. The normalized spacial score (nSPS) is 10.8. The summed E-state index contributed by atoms with van der Waals surface area (Å²) in [5.74, 6) is -0.538. The zero-order valence-electron chi connectivity index (χ0n) is 20.6. The number of imidazole rings is 1. The van der Waals surface area contributed by atoms with Gasteiger partial charge in [-0.25, -0.2) is 9.78 Å². The van der Waals surface area contributed by atoms with E-state index in [0.717, 1.165) is 0 Å². The van der Waals surface area contributed by atoms with Crippen LogP contribution in [0, 0.1) is 10.1 Å². The number of allylic oxidation sites excluding steroid dienone is 1. The average Bonchev–Trinajstić information content (AvgIpc) is 3.46. The van der Waals surface area contributed by atoms with Crippen LogP contribution in [0.4, 0.5) is 14.5 Å².